The Bertz CT molecular complexity index is 355. The van der Waals surface area contributed by atoms with Gasteiger partial charge in [-0.3, -0.25) is 4.68 Å². The summed E-state index contributed by atoms with van der Waals surface area (Å²) in [6, 6.07) is 0. The molecule has 1 aliphatic rings. The Morgan fingerprint density at radius 1 is 1.59 bits per heavy atom. The average Bonchev–Trinajstić information content (AvgIpc) is 3.05. The summed E-state index contributed by atoms with van der Waals surface area (Å²) < 4.78 is 1.88. The molecule has 1 aromatic heterocycles. The lowest BCUT2D eigenvalue weighted by molar-refractivity contribution is 0.112. The molecule has 3 N–H and O–H groups in total. The first kappa shape index (κ1) is 12.5. The van der Waals surface area contributed by atoms with Crippen LogP contribution in [0.2, 0.25) is 0 Å². The molecule has 17 heavy (non-hydrogen) atoms. The molecule has 5 heteroatoms. The Morgan fingerprint density at radius 2 is 2.35 bits per heavy atom. The van der Waals surface area contributed by atoms with Gasteiger partial charge in [0, 0.05) is 24.9 Å². The van der Waals surface area contributed by atoms with Gasteiger partial charge in [0.15, 0.2) is 0 Å². The lowest BCUT2D eigenvalue weighted by Gasteiger charge is -2.30. The van der Waals surface area contributed by atoms with Crippen LogP contribution in [0.4, 0.5) is 0 Å². The Morgan fingerprint density at radius 3 is 2.88 bits per heavy atom. The Balaban J connectivity index is 2.10. The highest BCUT2D eigenvalue weighted by Crippen LogP contribution is 2.41. The van der Waals surface area contributed by atoms with Gasteiger partial charge >= 0.3 is 0 Å². The molecule has 1 atom stereocenters. The summed E-state index contributed by atoms with van der Waals surface area (Å²) in [5.41, 5.74) is 5.68. The maximum absolute atomic E-state index is 9.68. The fraction of sp³-hybridized carbons (Fsp3) is 0.833. The standard InChI is InChI=1S/C12H22N4O/c1-2-16-11(14-9-15-16)6-12(7-13,8-17)5-10-3-4-10/h9-10,17H,2-8,13H2,1H3. The van der Waals surface area contributed by atoms with E-state index in [1.807, 2.05) is 11.6 Å². The van der Waals surface area contributed by atoms with E-state index in [2.05, 4.69) is 10.1 Å². The molecule has 1 aliphatic carbocycles. The minimum absolute atomic E-state index is 0.135. The summed E-state index contributed by atoms with van der Waals surface area (Å²) >= 11 is 0. The zero-order valence-electron chi connectivity index (χ0n) is 10.5. The second kappa shape index (κ2) is 5.14. The van der Waals surface area contributed by atoms with Crippen LogP contribution in [-0.4, -0.2) is 33.0 Å². The van der Waals surface area contributed by atoms with Crippen molar-refractivity contribution >= 4 is 0 Å². The van der Waals surface area contributed by atoms with Gasteiger partial charge in [-0.15, -0.1) is 0 Å². The Kier molecular flexibility index (Phi) is 3.79. The van der Waals surface area contributed by atoms with Gasteiger partial charge in [0.25, 0.3) is 0 Å². The van der Waals surface area contributed by atoms with Crippen LogP contribution >= 0.6 is 0 Å². The number of aromatic nitrogens is 3. The van der Waals surface area contributed by atoms with Crippen LogP contribution in [0.3, 0.4) is 0 Å². The third-order valence-electron chi connectivity index (χ3n) is 3.72. The average molecular weight is 238 g/mol. The molecule has 0 aliphatic heterocycles. The van der Waals surface area contributed by atoms with Gasteiger partial charge in [-0.05, 0) is 19.3 Å². The van der Waals surface area contributed by atoms with Crippen LogP contribution in [-0.2, 0) is 13.0 Å². The van der Waals surface area contributed by atoms with Gasteiger partial charge in [0.2, 0.25) is 0 Å². The van der Waals surface area contributed by atoms with Crippen LogP contribution < -0.4 is 5.73 Å². The molecule has 1 unspecified atom stereocenters. The molecule has 0 aromatic carbocycles. The number of aryl methyl sites for hydroxylation is 1. The Labute approximate surface area is 102 Å². The summed E-state index contributed by atoms with van der Waals surface area (Å²) in [6.45, 7) is 3.50. The fourth-order valence-corrected chi connectivity index (χ4v) is 2.37. The van der Waals surface area contributed by atoms with E-state index in [9.17, 15) is 5.11 Å². The van der Waals surface area contributed by atoms with Gasteiger partial charge in [-0.2, -0.15) is 5.10 Å². The summed E-state index contributed by atoms with van der Waals surface area (Å²) in [5, 5.41) is 13.8. The molecule has 0 amide bonds. The second-order valence-electron chi connectivity index (χ2n) is 5.18. The quantitative estimate of drug-likeness (QED) is 0.728. The number of rotatable bonds is 7. The van der Waals surface area contributed by atoms with Gasteiger partial charge in [0.05, 0.1) is 6.61 Å². The van der Waals surface area contributed by atoms with Crippen molar-refractivity contribution in [3.8, 4) is 0 Å². The van der Waals surface area contributed by atoms with Gasteiger partial charge in [-0.1, -0.05) is 12.8 Å². The summed E-state index contributed by atoms with van der Waals surface area (Å²) in [5.74, 6) is 1.69. The lowest BCUT2D eigenvalue weighted by Crippen LogP contribution is -2.38. The topological polar surface area (TPSA) is 77.0 Å². The highest BCUT2D eigenvalue weighted by molar-refractivity contribution is 4.97. The van der Waals surface area contributed by atoms with Crippen molar-refractivity contribution in [2.45, 2.75) is 39.2 Å². The second-order valence-corrected chi connectivity index (χ2v) is 5.18. The smallest absolute Gasteiger partial charge is 0.138 e. The van der Waals surface area contributed by atoms with E-state index < -0.39 is 0 Å². The van der Waals surface area contributed by atoms with Gasteiger partial charge in [-0.25, -0.2) is 4.98 Å². The number of nitrogens with zero attached hydrogens (tertiary/aromatic N) is 3. The number of nitrogens with two attached hydrogens (primary N) is 1. The highest BCUT2D eigenvalue weighted by Gasteiger charge is 2.36. The zero-order valence-corrected chi connectivity index (χ0v) is 10.5. The monoisotopic (exact) mass is 238 g/mol. The first-order valence-corrected chi connectivity index (χ1v) is 6.40. The molecule has 0 saturated heterocycles. The number of aliphatic hydroxyl groups is 1. The molecule has 1 fully saturated rings. The van der Waals surface area contributed by atoms with Crippen LogP contribution in [0.25, 0.3) is 0 Å². The SMILES string of the molecule is CCn1ncnc1CC(CN)(CO)CC1CC1. The van der Waals surface area contributed by atoms with Crippen molar-refractivity contribution < 1.29 is 5.11 Å². The van der Waals surface area contributed by atoms with E-state index in [4.69, 9.17) is 5.73 Å². The molecule has 1 aromatic rings. The highest BCUT2D eigenvalue weighted by atomic mass is 16.3. The van der Waals surface area contributed by atoms with Crippen LogP contribution in [0.1, 0.15) is 32.0 Å². The lowest BCUT2D eigenvalue weighted by atomic mass is 9.80. The third-order valence-corrected chi connectivity index (χ3v) is 3.72. The van der Waals surface area contributed by atoms with Crippen molar-refractivity contribution in [1.29, 1.82) is 0 Å². The number of aliphatic hydroxyl groups excluding tert-OH is 1. The number of hydrogen-bond donors (Lipinski definition) is 2. The van der Waals surface area contributed by atoms with Crippen molar-refractivity contribution in [1.82, 2.24) is 14.8 Å². The van der Waals surface area contributed by atoms with Crippen LogP contribution in [0.15, 0.2) is 6.33 Å². The van der Waals surface area contributed by atoms with Gasteiger partial charge < -0.3 is 10.8 Å². The van der Waals surface area contributed by atoms with E-state index >= 15 is 0 Å². The largest absolute Gasteiger partial charge is 0.396 e. The van der Waals surface area contributed by atoms with Crippen LogP contribution in [0.5, 0.6) is 0 Å². The first-order chi connectivity index (χ1) is 8.23. The number of hydrogen-bond acceptors (Lipinski definition) is 4. The summed E-state index contributed by atoms with van der Waals surface area (Å²) in [4.78, 5) is 4.28. The predicted molar refractivity (Wildman–Crippen MR) is 65.3 cm³/mol. The van der Waals surface area contributed by atoms with E-state index in [1.165, 1.54) is 12.8 Å². The molecule has 0 radical (unpaired) electrons. The van der Waals surface area contributed by atoms with E-state index in [-0.39, 0.29) is 12.0 Å². The predicted octanol–water partition coefficient (Wildman–Crippen LogP) is 0.578. The fourth-order valence-electron chi connectivity index (χ4n) is 2.37. The maximum atomic E-state index is 9.68. The minimum atomic E-state index is -0.207. The molecule has 2 rings (SSSR count). The maximum Gasteiger partial charge on any atom is 0.138 e. The van der Waals surface area contributed by atoms with Crippen LogP contribution in [0, 0.1) is 11.3 Å². The van der Waals surface area contributed by atoms with Crippen molar-refractivity contribution in [3.05, 3.63) is 12.2 Å². The summed E-state index contributed by atoms with van der Waals surface area (Å²) in [7, 11) is 0. The summed E-state index contributed by atoms with van der Waals surface area (Å²) in [6.07, 6.45) is 5.87. The molecule has 0 bridgehead atoms. The molecular formula is C12H22N4O. The van der Waals surface area contributed by atoms with Crippen molar-refractivity contribution in [2.24, 2.45) is 17.1 Å². The third kappa shape index (κ3) is 2.84. The van der Waals surface area contributed by atoms with Gasteiger partial charge in [0.1, 0.15) is 12.2 Å². The molecule has 1 heterocycles. The van der Waals surface area contributed by atoms with E-state index in [0.29, 0.717) is 6.54 Å². The van der Waals surface area contributed by atoms with E-state index in [1.54, 1.807) is 6.33 Å². The molecule has 5 nitrogen and oxygen atoms in total. The molecule has 1 saturated carbocycles. The molecule has 96 valence electrons. The minimum Gasteiger partial charge on any atom is -0.396 e. The Hall–Kier alpha value is -0.940. The molecule has 0 spiro atoms. The first-order valence-electron chi connectivity index (χ1n) is 6.40. The molecular weight excluding hydrogens is 216 g/mol. The van der Waals surface area contributed by atoms with E-state index in [0.717, 1.165) is 31.1 Å². The zero-order chi connectivity index (χ0) is 12.3. The van der Waals surface area contributed by atoms with Crippen molar-refractivity contribution in [3.63, 3.8) is 0 Å². The normalized spacial score (nSPS) is 19.2. The van der Waals surface area contributed by atoms with Crippen molar-refractivity contribution in [2.75, 3.05) is 13.2 Å².